The summed E-state index contributed by atoms with van der Waals surface area (Å²) in [6, 6.07) is 37.4. The van der Waals surface area contributed by atoms with E-state index in [1.807, 2.05) is 200 Å². The van der Waals surface area contributed by atoms with E-state index in [0.29, 0.717) is 55.1 Å². The highest BCUT2D eigenvalue weighted by Crippen LogP contribution is 2.42. The summed E-state index contributed by atoms with van der Waals surface area (Å²) in [5, 5.41) is 8.77. The van der Waals surface area contributed by atoms with Gasteiger partial charge in [-0.25, -0.2) is 19.6 Å². The molecule has 0 saturated carbocycles. The fourth-order valence-corrected chi connectivity index (χ4v) is 11.9. The van der Waals surface area contributed by atoms with Crippen LogP contribution >= 0.6 is 0 Å². The number of aryl methyl sites for hydroxylation is 8. The van der Waals surface area contributed by atoms with Crippen molar-refractivity contribution in [2.45, 2.75) is 75.2 Å². The zero-order chi connectivity index (χ0) is 69.1. The topological polar surface area (TPSA) is 253 Å². The minimum atomic E-state index is -1.07. The average molecular weight is 1320 g/mol. The van der Waals surface area contributed by atoms with Crippen LogP contribution in [-0.4, -0.2) is 136 Å². The summed E-state index contributed by atoms with van der Waals surface area (Å²) in [6.45, 7) is 17.6. The van der Waals surface area contributed by atoms with Gasteiger partial charge < -0.3 is 46.8 Å². The lowest BCUT2D eigenvalue weighted by Crippen LogP contribution is -3.00. The maximum Gasteiger partial charge on any atom is 0.303 e. The zero-order valence-electron chi connectivity index (χ0n) is 56.4. The maximum absolute atomic E-state index is 13.0. The number of nitrogens with zero attached hydrogens (tertiary/aromatic N) is 6. The summed E-state index contributed by atoms with van der Waals surface area (Å²) >= 11 is 0. The number of hydrogen-bond donors (Lipinski definition) is 5. The number of fused-ring (bicyclic) bond motifs is 4. The number of aromatic amines is 4. The number of anilines is 4. The number of carbonyl (C=O) groups excluding carboxylic acids is 8. The first-order valence-electron chi connectivity index (χ1n) is 31.0. The molecule has 4 aliphatic heterocycles. The molecule has 0 spiro atoms. The van der Waals surface area contributed by atoms with Crippen LogP contribution in [0.3, 0.4) is 0 Å². The number of imide groups is 4. The summed E-state index contributed by atoms with van der Waals surface area (Å²) in [5.74, 6) is -3.48. The predicted octanol–water partition coefficient (Wildman–Crippen LogP) is 8.34. The third-order valence-corrected chi connectivity index (χ3v) is 16.1. The van der Waals surface area contributed by atoms with Crippen LogP contribution in [-0.2, 0) is 43.2 Å². The Morgan fingerprint density at radius 1 is 0.427 bits per heavy atom. The van der Waals surface area contributed by atoms with E-state index >= 15 is 0 Å². The molecule has 0 radical (unpaired) electrons. The largest absolute Gasteiger partial charge is 1.00 e. The summed E-state index contributed by atoms with van der Waals surface area (Å²) in [4.78, 5) is 131. The Hall–Kier alpha value is -10.8. The Labute approximate surface area is 564 Å². The quantitative estimate of drug-likeness (QED) is 0.0608. The van der Waals surface area contributed by atoms with Crippen molar-refractivity contribution in [2.75, 3.05) is 67.9 Å². The highest BCUT2D eigenvalue weighted by molar-refractivity contribution is 6.45. The molecule has 4 aromatic heterocycles. The number of carboxylic acid groups (broad SMARTS) is 1. The Kier molecular flexibility index (Phi) is 21.6. The number of likely N-dealkylation sites (N-methyl/N-ethyl adjacent to an activating group) is 2. The molecule has 20 nitrogen and oxygen atoms in total. The van der Waals surface area contributed by atoms with Crippen molar-refractivity contribution in [3.8, 4) is 0 Å². The van der Waals surface area contributed by atoms with Crippen LogP contribution in [0.4, 0.5) is 22.7 Å². The second-order valence-corrected chi connectivity index (χ2v) is 25.3. The van der Waals surface area contributed by atoms with Gasteiger partial charge in [-0.3, -0.25) is 43.2 Å². The third-order valence-electron chi connectivity index (χ3n) is 16.1. The van der Waals surface area contributed by atoms with E-state index in [0.717, 1.165) is 89.4 Å². The molecular formula is C75H79ClN10O10. The first-order valence-corrected chi connectivity index (χ1v) is 31.0. The predicted molar refractivity (Wildman–Crippen MR) is 372 cm³/mol. The molecule has 5 N–H and O–H groups in total. The highest BCUT2D eigenvalue weighted by atomic mass is 35.5. The van der Waals surface area contributed by atoms with Gasteiger partial charge >= 0.3 is 5.97 Å². The summed E-state index contributed by atoms with van der Waals surface area (Å²) in [6.07, 6.45) is 6.73. The Bertz CT molecular complexity index is 4580. The number of H-pyrrole nitrogens is 4. The molecule has 8 aromatic rings. The van der Waals surface area contributed by atoms with Crippen LogP contribution in [0.5, 0.6) is 0 Å². The van der Waals surface area contributed by atoms with Crippen molar-refractivity contribution in [3.05, 3.63) is 211 Å². The van der Waals surface area contributed by atoms with Gasteiger partial charge in [0.2, 0.25) is 17.7 Å². The second-order valence-electron chi connectivity index (χ2n) is 25.3. The van der Waals surface area contributed by atoms with Crippen LogP contribution in [0.1, 0.15) is 110 Å². The van der Waals surface area contributed by atoms with Gasteiger partial charge in [0.25, 0.3) is 29.5 Å². The molecule has 496 valence electrons. The van der Waals surface area contributed by atoms with Gasteiger partial charge in [-0.05, 0) is 165 Å². The number of benzene rings is 4. The number of carbonyl (C=O) groups is 9. The first-order chi connectivity index (χ1) is 44.9. The minimum Gasteiger partial charge on any atom is -1.00 e. The van der Waals surface area contributed by atoms with Crippen molar-refractivity contribution in [3.63, 3.8) is 0 Å². The van der Waals surface area contributed by atoms with Crippen LogP contribution in [0.25, 0.3) is 46.6 Å². The number of carboxylic acids is 1. The number of aromatic nitrogens is 4. The molecule has 12 rings (SSSR count). The first kappa shape index (κ1) is 71.1. The fraction of sp³-hybridized carbons (Fsp3) is 0.240. The van der Waals surface area contributed by atoms with Gasteiger partial charge in [0.05, 0.1) is 79.2 Å². The van der Waals surface area contributed by atoms with Gasteiger partial charge in [-0.1, -0.05) is 72.8 Å². The molecule has 0 atom stereocenters. The number of nitrogens with one attached hydrogen (secondary N) is 4. The van der Waals surface area contributed by atoms with Crippen LogP contribution < -0.4 is 32.0 Å². The Balaban J connectivity index is 0.000000163. The molecule has 4 aromatic carbocycles. The van der Waals surface area contributed by atoms with Gasteiger partial charge in [0, 0.05) is 81.1 Å². The fourth-order valence-electron chi connectivity index (χ4n) is 11.9. The summed E-state index contributed by atoms with van der Waals surface area (Å²) in [7, 11) is 9.43. The van der Waals surface area contributed by atoms with Crippen LogP contribution in [0.2, 0.25) is 0 Å². The van der Waals surface area contributed by atoms with E-state index in [1.165, 1.54) is 21.6 Å². The van der Waals surface area contributed by atoms with Crippen molar-refractivity contribution >= 4 is 123 Å². The zero-order valence-corrected chi connectivity index (χ0v) is 57.1. The second kappa shape index (κ2) is 29.2. The normalized spacial score (nSPS) is 15.3. The van der Waals surface area contributed by atoms with Crippen molar-refractivity contribution in [2.24, 2.45) is 0 Å². The van der Waals surface area contributed by atoms with E-state index in [1.54, 1.807) is 41.3 Å². The van der Waals surface area contributed by atoms with E-state index in [9.17, 15) is 43.2 Å². The van der Waals surface area contributed by atoms with E-state index < -0.39 is 17.8 Å². The molecule has 0 bridgehead atoms. The molecule has 0 aliphatic carbocycles. The smallest absolute Gasteiger partial charge is 0.303 e. The maximum atomic E-state index is 13.0. The molecule has 8 amide bonds. The van der Waals surface area contributed by atoms with Crippen LogP contribution in [0, 0.1) is 55.4 Å². The third kappa shape index (κ3) is 15.4. The number of quaternary nitrogens is 1. The lowest BCUT2D eigenvalue weighted by molar-refractivity contribution is -0.862. The summed E-state index contributed by atoms with van der Waals surface area (Å²) in [5.41, 5.74) is 19.4. The number of para-hydroxylation sites is 4. The number of aliphatic carboxylic acids is 1. The minimum absolute atomic E-state index is 0. The van der Waals surface area contributed by atoms with Gasteiger partial charge in [0.1, 0.15) is 0 Å². The highest BCUT2D eigenvalue weighted by Gasteiger charge is 2.41. The molecule has 0 saturated heterocycles. The number of halogens is 1. The molecule has 0 fully saturated rings. The molecule has 4 aliphatic rings. The van der Waals surface area contributed by atoms with Crippen molar-refractivity contribution in [1.29, 1.82) is 0 Å². The van der Waals surface area contributed by atoms with Gasteiger partial charge in [-0.15, -0.1) is 0 Å². The SMILES string of the molecule is CC(=O)N1C(=O)/C(=C\c2[nH]c(C)cc2C)c2ccccc21.Cc1cc(C)c(/C=C2\C(=O)N(C(=O)CCC(=O)O)c3ccccc32)[nH]1.Cc1cc(C)c(/C=C2\C(=O)N(C(=O)CN(C)C)c3ccccc32)[nH]1.Cc1cc(C)c(/C=C2\C(=O)N(C(=O)C[N+](C)(C)C)c3ccccc32)[nH]1.[Cl-]. The van der Waals surface area contributed by atoms with Gasteiger partial charge in [0.15, 0.2) is 6.54 Å². The molecule has 0 unspecified atom stereocenters. The molecule has 96 heavy (non-hydrogen) atoms. The lowest BCUT2D eigenvalue weighted by Gasteiger charge is -2.25. The molecular weight excluding hydrogens is 1240 g/mol. The molecule has 8 heterocycles. The van der Waals surface area contributed by atoms with Crippen molar-refractivity contribution < 1.29 is 65.1 Å². The Morgan fingerprint density at radius 2 is 0.698 bits per heavy atom. The average Bonchev–Trinajstić information content (AvgIpc) is 1.64. The van der Waals surface area contributed by atoms with E-state index in [-0.39, 0.29) is 73.8 Å². The lowest BCUT2D eigenvalue weighted by atomic mass is 10.1. The number of hydrogen-bond acceptors (Lipinski definition) is 10. The molecule has 21 heteroatoms. The summed E-state index contributed by atoms with van der Waals surface area (Å²) < 4.78 is 0.471. The van der Waals surface area contributed by atoms with E-state index in [2.05, 4.69) is 19.9 Å². The standard InChI is InChI=1S/C20H23N3O2.C19H21N3O2.C19H18N2O4.C17H16N2O2.ClH/c1-13-10-14(2)21-17(13)11-16-15-8-6-7-9-18(15)22(20(16)25)19(24)12-23(3,4)5;1-12-9-13(2)20-16(12)10-15-14-7-5-6-8-17(14)22(19(15)24)18(23)11-21(3)4;1-11-9-12(2)20-15(11)10-14-13-5-3-4-6-16(13)21(19(14)25)17(22)7-8-18(23)24;1-10-8-11(2)18-15(10)9-14-13-6-4-5-7-16(13)19(12(3)20)17(14)21;/h6-11H,12H2,1-5H3;5-10,20H,11H2,1-4H3;3-6,9-10,20H,7-8H2,1-2H3,(H,23,24);4-9,18H,1-3H3;1H/b;15-10-;14-10-;14-9-;. The number of rotatable bonds is 11. The van der Waals surface area contributed by atoms with Crippen molar-refractivity contribution in [1.82, 2.24) is 24.8 Å². The van der Waals surface area contributed by atoms with E-state index in [4.69, 9.17) is 5.11 Å². The van der Waals surface area contributed by atoms with Gasteiger partial charge in [-0.2, -0.15) is 0 Å². The Morgan fingerprint density at radius 3 is 0.958 bits per heavy atom. The monoisotopic (exact) mass is 1310 g/mol. The number of amides is 8. The van der Waals surface area contributed by atoms with Crippen LogP contribution in [0.15, 0.2) is 121 Å².